The van der Waals surface area contributed by atoms with Crippen molar-refractivity contribution < 1.29 is 4.52 Å². The van der Waals surface area contributed by atoms with Gasteiger partial charge in [-0.3, -0.25) is 0 Å². The zero-order valence-corrected chi connectivity index (χ0v) is 9.42. The second-order valence-electron chi connectivity index (χ2n) is 2.66. The van der Waals surface area contributed by atoms with Crippen molar-refractivity contribution >= 4 is 27.5 Å². The lowest BCUT2D eigenvalue weighted by atomic mass is 10.2. The number of aromatic nitrogens is 2. The molecule has 0 N–H and O–H groups in total. The van der Waals surface area contributed by atoms with E-state index in [1.807, 2.05) is 24.3 Å². The largest absolute Gasteiger partial charge is 0.334 e. The van der Waals surface area contributed by atoms with Crippen LogP contribution in [0.2, 0.25) is 0 Å². The van der Waals surface area contributed by atoms with Crippen LogP contribution in [0.25, 0.3) is 11.5 Å². The highest BCUT2D eigenvalue weighted by atomic mass is 79.9. The van der Waals surface area contributed by atoms with Gasteiger partial charge in [0.2, 0.25) is 0 Å². The maximum atomic E-state index is 5.56. The van der Waals surface area contributed by atoms with Gasteiger partial charge >= 0.3 is 0 Å². The summed E-state index contributed by atoms with van der Waals surface area (Å²) in [6.45, 7) is 0. The molecule has 0 saturated heterocycles. The highest BCUT2D eigenvalue weighted by molar-refractivity contribution is 9.10. The second-order valence-corrected chi connectivity index (χ2v) is 3.84. The minimum absolute atomic E-state index is 0.264. The molecule has 0 saturated carbocycles. The monoisotopic (exact) mass is 272 g/mol. The first-order chi connectivity index (χ1) is 6.79. The van der Waals surface area contributed by atoms with Crippen molar-refractivity contribution in [3.63, 3.8) is 0 Å². The first-order valence-electron chi connectivity index (χ1n) is 3.94. The molecule has 5 heteroatoms. The molecule has 1 aromatic carbocycles. The minimum atomic E-state index is 0.264. The van der Waals surface area contributed by atoms with Crippen LogP contribution in [0, 0.1) is 0 Å². The molecule has 14 heavy (non-hydrogen) atoms. The third-order valence-corrected chi connectivity index (χ3v) is 2.45. The van der Waals surface area contributed by atoms with E-state index >= 15 is 0 Å². The predicted octanol–water partition coefficient (Wildman–Crippen LogP) is 3.24. The van der Waals surface area contributed by atoms with E-state index in [1.54, 1.807) is 0 Å². The summed E-state index contributed by atoms with van der Waals surface area (Å²) < 4.78 is 6.03. The van der Waals surface area contributed by atoms with Crippen molar-refractivity contribution in [1.82, 2.24) is 10.1 Å². The highest BCUT2D eigenvalue weighted by Gasteiger charge is 2.06. The van der Waals surface area contributed by atoms with Crippen LogP contribution in [0.15, 0.2) is 33.3 Å². The van der Waals surface area contributed by atoms with E-state index in [0.717, 1.165) is 10.0 Å². The molecule has 3 nitrogen and oxygen atoms in total. The number of rotatable bonds is 2. The van der Waals surface area contributed by atoms with E-state index in [4.69, 9.17) is 16.1 Å². The van der Waals surface area contributed by atoms with Crippen LogP contribution in [0.1, 0.15) is 5.82 Å². The maximum Gasteiger partial charge on any atom is 0.257 e. The Balaban J connectivity index is 2.34. The van der Waals surface area contributed by atoms with Gasteiger partial charge in [0, 0.05) is 10.0 Å². The Morgan fingerprint density at radius 1 is 1.29 bits per heavy atom. The van der Waals surface area contributed by atoms with E-state index in [0.29, 0.717) is 11.7 Å². The molecule has 0 amide bonds. The topological polar surface area (TPSA) is 38.9 Å². The summed E-state index contributed by atoms with van der Waals surface area (Å²) in [5.74, 6) is 1.26. The Bertz CT molecular complexity index is 427. The molecule has 0 bridgehead atoms. The molecule has 0 atom stereocenters. The molecule has 2 rings (SSSR count). The number of halogens is 2. The van der Waals surface area contributed by atoms with Gasteiger partial charge in [-0.05, 0) is 24.3 Å². The summed E-state index contributed by atoms with van der Waals surface area (Å²) in [6.07, 6.45) is 0. The third-order valence-electron chi connectivity index (χ3n) is 1.68. The fourth-order valence-corrected chi connectivity index (χ4v) is 1.39. The molecule has 0 radical (unpaired) electrons. The Labute approximate surface area is 94.2 Å². The molecular weight excluding hydrogens is 267 g/mol. The normalized spacial score (nSPS) is 10.4. The second kappa shape index (κ2) is 4.11. The van der Waals surface area contributed by atoms with Crippen LogP contribution in [-0.2, 0) is 5.88 Å². The zero-order valence-electron chi connectivity index (χ0n) is 7.08. The molecular formula is C9H6BrClN2O. The fourth-order valence-electron chi connectivity index (χ4n) is 1.02. The van der Waals surface area contributed by atoms with Gasteiger partial charge in [-0.1, -0.05) is 21.1 Å². The molecule has 0 unspecified atom stereocenters. The SMILES string of the molecule is ClCc1noc(-c2ccc(Br)cc2)n1. The average molecular weight is 274 g/mol. The summed E-state index contributed by atoms with van der Waals surface area (Å²) in [7, 11) is 0. The van der Waals surface area contributed by atoms with Crippen molar-refractivity contribution in [1.29, 1.82) is 0 Å². The van der Waals surface area contributed by atoms with Gasteiger partial charge in [0.25, 0.3) is 5.89 Å². The number of alkyl halides is 1. The number of hydrogen-bond acceptors (Lipinski definition) is 3. The Hall–Kier alpha value is -0.870. The molecule has 2 aromatic rings. The van der Waals surface area contributed by atoms with Gasteiger partial charge in [0.15, 0.2) is 5.82 Å². The smallest absolute Gasteiger partial charge is 0.257 e. The van der Waals surface area contributed by atoms with Crippen LogP contribution >= 0.6 is 27.5 Å². The van der Waals surface area contributed by atoms with Gasteiger partial charge < -0.3 is 4.52 Å². The molecule has 0 aliphatic heterocycles. The van der Waals surface area contributed by atoms with Gasteiger partial charge in [0.1, 0.15) is 0 Å². The lowest BCUT2D eigenvalue weighted by molar-refractivity contribution is 0.425. The lowest BCUT2D eigenvalue weighted by Gasteiger charge is -1.92. The average Bonchev–Trinajstić information content (AvgIpc) is 2.67. The lowest BCUT2D eigenvalue weighted by Crippen LogP contribution is -1.80. The Morgan fingerprint density at radius 3 is 2.57 bits per heavy atom. The van der Waals surface area contributed by atoms with Gasteiger partial charge in [0.05, 0.1) is 5.88 Å². The summed E-state index contributed by atoms with van der Waals surface area (Å²) in [5.41, 5.74) is 0.886. The predicted molar refractivity (Wildman–Crippen MR) is 57.0 cm³/mol. The van der Waals surface area contributed by atoms with Crippen molar-refractivity contribution in [2.75, 3.05) is 0 Å². The summed E-state index contributed by atoms with van der Waals surface area (Å²) in [4.78, 5) is 4.10. The number of nitrogens with zero attached hydrogens (tertiary/aromatic N) is 2. The molecule has 1 heterocycles. The molecule has 0 aliphatic rings. The van der Waals surface area contributed by atoms with Crippen molar-refractivity contribution in [2.45, 2.75) is 5.88 Å². The van der Waals surface area contributed by atoms with Gasteiger partial charge in [-0.2, -0.15) is 4.98 Å². The van der Waals surface area contributed by atoms with Crippen LogP contribution < -0.4 is 0 Å². The molecule has 0 aliphatic carbocycles. The summed E-state index contributed by atoms with van der Waals surface area (Å²) in [6, 6.07) is 7.63. The molecule has 1 aromatic heterocycles. The van der Waals surface area contributed by atoms with Crippen molar-refractivity contribution in [3.8, 4) is 11.5 Å². The summed E-state index contributed by atoms with van der Waals surface area (Å²) >= 11 is 8.91. The fraction of sp³-hybridized carbons (Fsp3) is 0.111. The van der Waals surface area contributed by atoms with E-state index in [9.17, 15) is 0 Å². The Kier molecular flexibility index (Phi) is 2.84. The van der Waals surface area contributed by atoms with E-state index in [2.05, 4.69) is 26.1 Å². The number of benzene rings is 1. The first kappa shape index (κ1) is 9.68. The van der Waals surface area contributed by atoms with E-state index < -0.39 is 0 Å². The van der Waals surface area contributed by atoms with Crippen LogP contribution in [0.5, 0.6) is 0 Å². The Morgan fingerprint density at radius 2 is 2.00 bits per heavy atom. The number of hydrogen-bond donors (Lipinski definition) is 0. The third kappa shape index (κ3) is 1.96. The summed E-state index contributed by atoms with van der Waals surface area (Å²) in [5, 5.41) is 3.70. The van der Waals surface area contributed by atoms with Crippen molar-refractivity contribution in [3.05, 3.63) is 34.6 Å². The van der Waals surface area contributed by atoms with Crippen molar-refractivity contribution in [2.24, 2.45) is 0 Å². The van der Waals surface area contributed by atoms with Gasteiger partial charge in [-0.15, -0.1) is 11.6 Å². The zero-order chi connectivity index (χ0) is 9.97. The highest BCUT2D eigenvalue weighted by Crippen LogP contribution is 2.20. The van der Waals surface area contributed by atoms with Crippen LogP contribution in [0.4, 0.5) is 0 Å². The quantitative estimate of drug-likeness (QED) is 0.789. The van der Waals surface area contributed by atoms with Crippen LogP contribution in [-0.4, -0.2) is 10.1 Å². The minimum Gasteiger partial charge on any atom is -0.334 e. The van der Waals surface area contributed by atoms with E-state index in [-0.39, 0.29) is 5.88 Å². The van der Waals surface area contributed by atoms with Crippen LogP contribution in [0.3, 0.4) is 0 Å². The molecule has 72 valence electrons. The molecule has 0 spiro atoms. The molecule has 0 fully saturated rings. The van der Waals surface area contributed by atoms with E-state index in [1.165, 1.54) is 0 Å². The first-order valence-corrected chi connectivity index (χ1v) is 5.27. The van der Waals surface area contributed by atoms with Gasteiger partial charge in [-0.25, -0.2) is 0 Å². The standard InChI is InChI=1S/C9H6BrClN2O/c10-7-3-1-6(2-4-7)9-12-8(5-11)13-14-9/h1-4H,5H2. The maximum absolute atomic E-state index is 5.56.